The molecule has 2 aliphatic heterocycles. The monoisotopic (exact) mass is 256 g/mol. The number of hydrogen-bond donors (Lipinski definition) is 0. The average Bonchev–Trinajstić information content (AvgIpc) is 2.77. The summed E-state index contributed by atoms with van der Waals surface area (Å²) in [6.45, 7) is 2.64. The fourth-order valence-electron chi connectivity index (χ4n) is 3.48. The van der Waals surface area contributed by atoms with Crippen LogP contribution in [-0.4, -0.2) is 30.8 Å². The van der Waals surface area contributed by atoms with Crippen LogP contribution in [0.3, 0.4) is 0 Å². The number of alkyl halides is 1. The summed E-state index contributed by atoms with van der Waals surface area (Å²) in [5, 5.41) is 0.276. The Balaban J connectivity index is 1.69. The Labute approximate surface area is 108 Å². The van der Waals surface area contributed by atoms with E-state index >= 15 is 0 Å². The topological polar surface area (TPSA) is 18.5 Å². The second-order valence-electron chi connectivity index (χ2n) is 5.63. The maximum absolute atomic E-state index is 6.18. The summed E-state index contributed by atoms with van der Waals surface area (Å²) in [5.41, 5.74) is 1.71. The molecule has 0 amide bonds. The van der Waals surface area contributed by atoms with Gasteiger partial charge in [0.1, 0.15) is 0 Å². The third kappa shape index (κ3) is 2.54. The molecule has 2 atom stereocenters. The van der Waals surface area contributed by atoms with E-state index in [0.717, 1.165) is 39.1 Å². The predicted octanol–water partition coefficient (Wildman–Crippen LogP) is 3.29. The van der Waals surface area contributed by atoms with E-state index in [1.807, 2.05) is 0 Å². The lowest BCUT2D eigenvalue weighted by atomic mass is 9.77. The number of rotatable bonds is 1. The highest BCUT2D eigenvalue weighted by molar-refractivity contribution is 6.22. The first kappa shape index (κ1) is 12.0. The molecule has 2 heterocycles. The van der Waals surface area contributed by atoms with Crippen LogP contribution < -0.4 is 0 Å². The third-order valence-electron chi connectivity index (χ3n) is 4.53. The standard InChI is InChI=1S/C14H21ClO2/c15-13-2-1-11(9-13)12-3-6-17-14(10-12)4-7-16-8-5-14/h9,12-13H,1-8,10H2. The first-order valence-electron chi connectivity index (χ1n) is 6.84. The number of halogens is 1. The highest BCUT2D eigenvalue weighted by atomic mass is 35.5. The van der Waals surface area contributed by atoms with E-state index in [1.165, 1.54) is 19.3 Å². The molecular formula is C14H21ClO2. The number of hydrogen-bond acceptors (Lipinski definition) is 2. The zero-order valence-electron chi connectivity index (χ0n) is 10.3. The van der Waals surface area contributed by atoms with E-state index in [-0.39, 0.29) is 11.0 Å². The highest BCUT2D eigenvalue weighted by Crippen LogP contribution is 2.42. The minimum atomic E-state index is 0.117. The summed E-state index contributed by atoms with van der Waals surface area (Å²) in [5.74, 6) is 0.714. The summed E-state index contributed by atoms with van der Waals surface area (Å²) in [4.78, 5) is 0. The Morgan fingerprint density at radius 3 is 2.71 bits per heavy atom. The van der Waals surface area contributed by atoms with Crippen LogP contribution in [0.15, 0.2) is 11.6 Å². The van der Waals surface area contributed by atoms with Crippen molar-refractivity contribution in [1.82, 2.24) is 0 Å². The summed E-state index contributed by atoms with van der Waals surface area (Å²) in [6, 6.07) is 0. The van der Waals surface area contributed by atoms with Crippen molar-refractivity contribution in [3.8, 4) is 0 Å². The Kier molecular flexibility index (Phi) is 3.47. The van der Waals surface area contributed by atoms with Gasteiger partial charge in [0.2, 0.25) is 0 Å². The lowest BCUT2D eigenvalue weighted by molar-refractivity contribution is -0.143. The van der Waals surface area contributed by atoms with E-state index in [4.69, 9.17) is 21.1 Å². The van der Waals surface area contributed by atoms with Crippen LogP contribution in [0, 0.1) is 5.92 Å². The minimum Gasteiger partial charge on any atom is -0.381 e. The molecule has 0 aromatic rings. The Bertz CT molecular complexity index is 302. The van der Waals surface area contributed by atoms with Gasteiger partial charge in [-0.05, 0) is 44.4 Å². The van der Waals surface area contributed by atoms with Crippen molar-refractivity contribution in [3.63, 3.8) is 0 Å². The molecule has 17 heavy (non-hydrogen) atoms. The van der Waals surface area contributed by atoms with Crippen LogP contribution in [0.4, 0.5) is 0 Å². The zero-order chi connectivity index (χ0) is 11.7. The third-order valence-corrected chi connectivity index (χ3v) is 4.87. The highest BCUT2D eigenvalue weighted by Gasteiger charge is 2.40. The van der Waals surface area contributed by atoms with Gasteiger partial charge in [-0.15, -0.1) is 11.6 Å². The van der Waals surface area contributed by atoms with Crippen LogP contribution >= 0.6 is 11.6 Å². The van der Waals surface area contributed by atoms with Gasteiger partial charge in [-0.1, -0.05) is 11.6 Å². The van der Waals surface area contributed by atoms with Crippen molar-refractivity contribution >= 4 is 11.6 Å². The van der Waals surface area contributed by atoms with Gasteiger partial charge >= 0.3 is 0 Å². The second kappa shape index (κ2) is 4.91. The molecule has 0 radical (unpaired) electrons. The van der Waals surface area contributed by atoms with Crippen LogP contribution in [0.25, 0.3) is 0 Å². The Hall–Kier alpha value is -0.0500. The van der Waals surface area contributed by atoms with Crippen LogP contribution in [0.1, 0.15) is 38.5 Å². The van der Waals surface area contributed by atoms with E-state index in [1.54, 1.807) is 5.57 Å². The summed E-state index contributed by atoms with van der Waals surface area (Å²) >= 11 is 6.18. The molecule has 1 aliphatic carbocycles. The molecule has 2 saturated heterocycles. The van der Waals surface area contributed by atoms with Gasteiger partial charge < -0.3 is 9.47 Å². The van der Waals surface area contributed by atoms with Crippen LogP contribution in [0.2, 0.25) is 0 Å². The maximum atomic E-state index is 6.18. The SMILES string of the molecule is ClC1C=C(C2CCOC3(CCOCC3)C2)CC1. The molecule has 2 nitrogen and oxygen atoms in total. The molecule has 3 rings (SSSR count). The van der Waals surface area contributed by atoms with E-state index in [0.29, 0.717) is 5.92 Å². The second-order valence-corrected chi connectivity index (χ2v) is 6.19. The predicted molar refractivity (Wildman–Crippen MR) is 68.4 cm³/mol. The van der Waals surface area contributed by atoms with Crippen molar-refractivity contribution in [1.29, 1.82) is 0 Å². The largest absolute Gasteiger partial charge is 0.381 e. The van der Waals surface area contributed by atoms with E-state index < -0.39 is 0 Å². The molecule has 2 fully saturated rings. The normalized spacial score (nSPS) is 37.1. The van der Waals surface area contributed by atoms with Crippen LogP contribution in [0.5, 0.6) is 0 Å². The molecule has 0 saturated carbocycles. The van der Waals surface area contributed by atoms with E-state index in [9.17, 15) is 0 Å². The minimum absolute atomic E-state index is 0.117. The first-order valence-corrected chi connectivity index (χ1v) is 7.27. The molecule has 1 spiro atoms. The van der Waals surface area contributed by atoms with E-state index in [2.05, 4.69) is 6.08 Å². The zero-order valence-corrected chi connectivity index (χ0v) is 11.0. The molecule has 2 unspecified atom stereocenters. The van der Waals surface area contributed by atoms with Gasteiger partial charge in [-0.3, -0.25) is 0 Å². The molecule has 0 N–H and O–H groups in total. The fourth-order valence-corrected chi connectivity index (χ4v) is 3.75. The number of ether oxygens (including phenoxy) is 2. The Morgan fingerprint density at radius 2 is 2.00 bits per heavy atom. The smallest absolute Gasteiger partial charge is 0.0732 e. The first-order chi connectivity index (χ1) is 8.27. The molecule has 3 aliphatic rings. The van der Waals surface area contributed by atoms with Gasteiger partial charge in [0.15, 0.2) is 0 Å². The quantitative estimate of drug-likeness (QED) is 0.530. The lowest BCUT2D eigenvalue weighted by Crippen LogP contribution is -2.44. The summed E-state index contributed by atoms with van der Waals surface area (Å²) < 4.78 is 11.5. The molecule has 3 heteroatoms. The average molecular weight is 257 g/mol. The number of allylic oxidation sites excluding steroid dienone is 2. The van der Waals surface area contributed by atoms with Crippen molar-refractivity contribution in [2.75, 3.05) is 19.8 Å². The fraction of sp³-hybridized carbons (Fsp3) is 0.857. The molecule has 0 bridgehead atoms. The van der Waals surface area contributed by atoms with Gasteiger partial charge in [-0.25, -0.2) is 0 Å². The van der Waals surface area contributed by atoms with Gasteiger partial charge in [0.05, 0.1) is 11.0 Å². The molecular weight excluding hydrogens is 236 g/mol. The molecule has 0 aromatic heterocycles. The van der Waals surface area contributed by atoms with Crippen molar-refractivity contribution in [2.45, 2.75) is 49.5 Å². The summed E-state index contributed by atoms with van der Waals surface area (Å²) in [7, 11) is 0. The lowest BCUT2D eigenvalue weighted by Gasteiger charge is -2.43. The molecule has 0 aromatic carbocycles. The van der Waals surface area contributed by atoms with Crippen molar-refractivity contribution in [2.24, 2.45) is 5.92 Å². The van der Waals surface area contributed by atoms with Gasteiger partial charge in [-0.2, -0.15) is 0 Å². The maximum Gasteiger partial charge on any atom is 0.0732 e. The van der Waals surface area contributed by atoms with Crippen LogP contribution in [-0.2, 0) is 9.47 Å². The Morgan fingerprint density at radius 1 is 1.18 bits per heavy atom. The van der Waals surface area contributed by atoms with Gasteiger partial charge in [0.25, 0.3) is 0 Å². The summed E-state index contributed by atoms with van der Waals surface area (Å²) in [6.07, 6.45) is 9.13. The van der Waals surface area contributed by atoms with Crippen molar-refractivity contribution < 1.29 is 9.47 Å². The molecule has 96 valence electrons. The van der Waals surface area contributed by atoms with Gasteiger partial charge in [0, 0.05) is 19.8 Å². The van der Waals surface area contributed by atoms with Crippen molar-refractivity contribution in [3.05, 3.63) is 11.6 Å².